The van der Waals surface area contributed by atoms with Crippen molar-refractivity contribution < 1.29 is 9.90 Å². The fourth-order valence-electron chi connectivity index (χ4n) is 2.42. The highest BCUT2D eigenvalue weighted by molar-refractivity contribution is 5.83. The number of nitrogens with zero attached hydrogens (tertiary/aromatic N) is 2. The van der Waals surface area contributed by atoms with Crippen LogP contribution >= 0.6 is 0 Å². The zero-order chi connectivity index (χ0) is 16.2. The highest BCUT2D eigenvalue weighted by Crippen LogP contribution is 2.32. The van der Waals surface area contributed by atoms with Crippen molar-refractivity contribution in [3.05, 3.63) is 59.9 Å². The van der Waals surface area contributed by atoms with Gasteiger partial charge in [0.1, 0.15) is 0 Å². The third-order valence-corrected chi connectivity index (χ3v) is 4.01. The van der Waals surface area contributed by atoms with Crippen LogP contribution in [0, 0.1) is 0 Å². The first-order valence-electron chi connectivity index (χ1n) is 7.36. The Labute approximate surface area is 131 Å². The summed E-state index contributed by atoms with van der Waals surface area (Å²) in [6, 6.07) is 11.7. The monoisotopic (exact) mass is 298 g/mol. The van der Waals surface area contributed by atoms with Crippen molar-refractivity contribution in [2.75, 3.05) is 18.5 Å². The van der Waals surface area contributed by atoms with E-state index in [1.54, 1.807) is 26.2 Å². The maximum Gasteiger partial charge on any atom is 0.313 e. The second-order valence-electron chi connectivity index (χ2n) is 5.97. The summed E-state index contributed by atoms with van der Waals surface area (Å²) in [7, 11) is 2.00. The van der Waals surface area contributed by atoms with E-state index in [4.69, 9.17) is 0 Å². The third kappa shape index (κ3) is 3.45. The molecule has 0 saturated heterocycles. The Kier molecular flexibility index (Phi) is 4.81. The van der Waals surface area contributed by atoms with E-state index in [1.807, 2.05) is 43.4 Å². The van der Waals surface area contributed by atoms with Crippen LogP contribution in [0.3, 0.4) is 0 Å². The topological polar surface area (TPSA) is 53.4 Å². The van der Waals surface area contributed by atoms with E-state index in [2.05, 4.69) is 9.88 Å². The number of anilines is 1. The number of carboxylic acid groups (broad SMARTS) is 1. The van der Waals surface area contributed by atoms with Crippen LogP contribution in [0.5, 0.6) is 0 Å². The fourth-order valence-corrected chi connectivity index (χ4v) is 2.42. The van der Waals surface area contributed by atoms with E-state index >= 15 is 0 Å². The summed E-state index contributed by atoms with van der Waals surface area (Å²) in [5, 5.41) is 9.48. The Morgan fingerprint density at radius 1 is 1.18 bits per heavy atom. The molecule has 0 radical (unpaired) electrons. The fraction of sp³-hybridized carbons (Fsp3) is 0.333. The molecule has 0 amide bonds. The molecule has 22 heavy (non-hydrogen) atoms. The molecule has 2 rings (SSSR count). The molecule has 0 unspecified atom stereocenters. The number of pyridine rings is 1. The smallest absolute Gasteiger partial charge is 0.313 e. The molecule has 0 fully saturated rings. The highest BCUT2D eigenvalue weighted by atomic mass is 16.4. The number of likely N-dealkylation sites (N-methyl/N-ethyl adjacent to an activating group) is 1. The number of benzene rings is 1. The molecule has 1 aromatic heterocycles. The lowest BCUT2D eigenvalue weighted by atomic mass is 9.83. The molecule has 1 N–H and O–H groups in total. The first kappa shape index (κ1) is 16.0. The maximum absolute atomic E-state index is 11.6. The zero-order valence-electron chi connectivity index (χ0n) is 13.3. The lowest BCUT2D eigenvalue weighted by Crippen LogP contribution is -2.32. The number of rotatable bonds is 6. The van der Waals surface area contributed by atoms with Crippen molar-refractivity contribution in [3.63, 3.8) is 0 Å². The van der Waals surface area contributed by atoms with Crippen molar-refractivity contribution in [2.24, 2.45) is 0 Å². The van der Waals surface area contributed by atoms with E-state index in [-0.39, 0.29) is 0 Å². The van der Waals surface area contributed by atoms with Crippen LogP contribution in [0.15, 0.2) is 48.8 Å². The molecule has 4 heteroatoms. The largest absolute Gasteiger partial charge is 0.481 e. The Morgan fingerprint density at radius 3 is 2.45 bits per heavy atom. The number of carbonyl (C=O) groups is 1. The molecular formula is C18H22N2O2. The minimum Gasteiger partial charge on any atom is -0.481 e. The number of hydrogen-bond donors (Lipinski definition) is 1. The van der Waals surface area contributed by atoms with Gasteiger partial charge >= 0.3 is 5.97 Å². The maximum atomic E-state index is 11.6. The molecule has 0 spiro atoms. The van der Waals surface area contributed by atoms with E-state index in [0.717, 1.165) is 24.2 Å². The average Bonchev–Trinajstić information content (AvgIpc) is 2.53. The number of para-hydroxylation sites is 1. The van der Waals surface area contributed by atoms with Gasteiger partial charge in [-0.3, -0.25) is 9.78 Å². The van der Waals surface area contributed by atoms with E-state index in [9.17, 15) is 9.90 Å². The van der Waals surface area contributed by atoms with E-state index in [0.29, 0.717) is 0 Å². The summed E-state index contributed by atoms with van der Waals surface area (Å²) in [6.45, 7) is 4.30. The van der Waals surface area contributed by atoms with E-state index < -0.39 is 11.4 Å². The molecule has 1 aromatic carbocycles. The number of hydrogen-bond acceptors (Lipinski definition) is 3. The van der Waals surface area contributed by atoms with Gasteiger partial charge in [-0.15, -0.1) is 0 Å². The van der Waals surface area contributed by atoms with Gasteiger partial charge in [-0.1, -0.05) is 18.2 Å². The molecule has 0 atom stereocenters. The van der Waals surface area contributed by atoms with Crippen molar-refractivity contribution in [1.29, 1.82) is 0 Å². The summed E-state index contributed by atoms with van der Waals surface area (Å²) in [4.78, 5) is 17.7. The van der Waals surface area contributed by atoms with Crippen molar-refractivity contribution >= 4 is 11.7 Å². The SMILES string of the molecule is CN(CCc1ccncc1)c1ccccc1C(C)(C)C(=O)O. The second-order valence-corrected chi connectivity index (χ2v) is 5.97. The first-order valence-corrected chi connectivity index (χ1v) is 7.36. The number of aliphatic carboxylic acids is 1. The Hall–Kier alpha value is -2.36. The predicted octanol–water partition coefficient (Wildman–Crippen LogP) is 3.12. The summed E-state index contributed by atoms with van der Waals surface area (Å²) in [6.07, 6.45) is 4.47. The first-order chi connectivity index (χ1) is 10.4. The molecule has 1 heterocycles. The average molecular weight is 298 g/mol. The summed E-state index contributed by atoms with van der Waals surface area (Å²) >= 11 is 0. The van der Waals surface area contributed by atoms with Gasteiger partial charge in [0, 0.05) is 31.7 Å². The summed E-state index contributed by atoms with van der Waals surface area (Å²) < 4.78 is 0. The minimum atomic E-state index is -0.915. The third-order valence-electron chi connectivity index (χ3n) is 4.01. The van der Waals surface area contributed by atoms with Gasteiger partial charge in [0.25, 0.3) is 0 Å². The lowest BCUT2D eigenvalue weighted by molar-refractivity contribution is -0.142. The minimum absolute atomic E-state index is 0.816. The molecule has 4 nitrogen and oxygen atoms in total. The second kappa shape index (κ2) is 6.60. The van der Waals surface area contributed by atoms with E-state index in [1.165, 1.54) is 5.56 Å². The van der Waals surface area contributed by atoms with Crippen LogP contribution in [0.2, 0.25) is 0 Å². The molecule has 0 aliphatic carbocycles. The van der Waals surface area contributed by atoms with Crippen molar-refractivity contribution in [3.8, 4) is 0 Å². The number of aromatic nitrogens is 1. The molecule has 0 bridgehead atoms. The predicted molar refractivity (Wildman–Crippen MR) is 88.3 cm³/mol. The van der Waals surface area contributed by atoms with Crippen LogP contribution in [0.4, 0.5) is 5.69 Å². The highest BCUT2D eigenvalue weighted by Gasteiger charge is 2.32. The molecule has 0 saturated carbocycles. The van der Waals surface area contributed by atoms with Crippen molar-refractivity contribution in [2.45, 2.75) is 25.7 Å². The van der Waals surface area contributed by atoms with Crippen LogP contribution in [0.25, 0.3) is 0 Å². The van der Waals surface area contributed by atoms with Gasteiger partial charge in [0.05, 0.1) is 5.41 Å². The van der Waals surface area contributed by atoms with Gasteiger partial charge < -0.3 is 10.0 Å². The molecule has 0 aliphatic rings. The Bertz CT molecular complexity index is 639. The molecule has 0 aliphatic heterocycles. The Balaban J connectivity index is 2.20. The van der Waals surface area contributed by atoms with Crippen LogP contribution < -0.4 is 4.90 Å². The van der Waals surface area contributed by atoms with Gasteiger partial charge in [0.2, 0.25) is 0 Å². The standard InChI is InChI=1S/C18H22N2O2/c1-18(2,17(21)22)15-6-4-5-7-16(15)20(3)13-10-14-8-11-19-12-9-14/h4-9,11-12H,10,13H2,1-3H3,(H,21,22). The lowest BCUT2D eigenvalue weighted by Gasteiger charge is -2.28. The molecule has 2 aromatic rings. The molecule has 116 valence electrons. The van der Waals surface area contributed by atoms with Gasteiger partial charge in [-0.25, -0.2) is 0 Å². The Morgan fingerprint density at radius 2 is 1.82 bits per heavy atom. The quantitative estimate of drug-likeness (QED) is 0.890. The summed E-state index contributed by atoms with van der Waals surface area (Å²) in [5.41, 5.74) is 2.10. The zero-order valence-corrected chi connectivity index (χ0v) is 13.3. The normalized spacial score (nSPS) is 11.2. The molecular weight excluding hydrogens is 276 g/mol. The van der Waals surface area contributed by atoms with Crippen LogP contribution in [-0.4, -0.2) is 29.7 Å². The number of carboxylic acids is 1. The summed E-state index contributed by atoms with van der Waals surface area (Å²) in [5.74, 6) is -0.817. The van der Waals surface area contributed by atoms with Gasteiger partial charge in [0.15, 0.2) is 0 Å². The van der Waals surface area contributed by atoms with Crippen molar-refractivity contribution in [1.82, 2.24) is 4.98 Å². The van der Waals surface area contributed by atoms with Crippen LogP contribution in [-0.2, 0) is 16.6 Å². The van der Waals surface area contributed by atoms with Gasteiger partial charge in [-0.2, -0.15) is 0 Å². The van der Waals surface area contributed by atoms with Crippen LogP contribution in [0.1, 0.15) is 25.0 Å². The van der Waals surface area contributed by atoms with Gasteiger partial charge in [-0.05, 0) is 49.6 Å².